The summed E-state index contributed by atoms with van der Waals surface area (Å²) in [5, 5.41) is 10.8. The molecule has 0 radical (unpaired) electrons. The number of hydrogen-bond acceptors (Lipinski definition) is 4. The predicted molar refractivity (Wildman–Crippen MR) is 106 cm³/mol. The molecule has 0 atom stereocenters. The van der Waals surface area contributed by atoms with Crippen LogP contribution in [0.2, 0.25) is 5.02 Å². The van der Waals surface area contributed by atoms with Crippen LogP contribution in [0.15, 0.2) is 40.9 Å². The van der Waals surface area contributed by atoms with Crippen LogP contribution in [0.4, 0.5) is 5.69 Å². The number of hydrogen-bond donors (Lipinski definition) is 2. The van der Waals surface area contributed by atoms with Crippen LogP contribution in [-0.4, -0.2) is 16.7 Å². The van der Waals surface area contributed by atoms with E-state index in [1.54, 1.807) is 12.1 Å². The third-order valence-electron chi connectivity index (χ3n) is 3.73. The van der Waals surface area contributed by atoms with Crippen LogP contribution in [0, 0.1) is 10.1 Å². The van der Waals surface area contributed by atoms with Gasteiger partial charge >= 0.3 is 0 Å². The van der Waals surface area contributed by atoms with E-state index in [-0.39, 0.29) is 16.0 Å². The Kier molecular flexibility index (Phi) is 6.22. The number of nitrogens with one attached hydrogen (secondary N) is 2. The average Bonchev–Trinajstić information content (AvgIpc) is 2.58. The third kappa shape index (κ3) is 5.05. The molecule has 0 aliphatic rings. The number of carbonyl (C=O) groups excluding carboxylic acids is 2. The molecule has 2 aromatic rings. The number of benzene rings is 2. The number of carbonyl (C=O) groups is 2. The summed E-state index contributed by atoms with van der Waals surface area (Å²) in [6, 6.07) is 8.77. The standard InChI is InChI=1S/C18H17BrClN3O4/c1-18(2,3)12-6-4-10(8-13(12)19)16(24)21-22-17(25)11-5-7-14(20)15(9-11)23(26)27/h4-9H,1-3H3,(H,21,24)(H,22,25). The smallest absolute Gasteiger partial charge is 0.267 e. The number of halogens is 2. The Hall–Kier alpha value is -2.45. The molecule has 0 unspecified atom stereocenters. The summed E-state index contributed by atoms with van der Waals surface area (Å²) < 4.78 is 0.780. The molecule has 0 aliphatic heterocycles. The fourth-order valence-electron chi connectivity index (χ4n) is 2.32. The lowest BCUT2D eigenvalue weighted by molar-refractivity contribution is -0.384. The van der Waals surface area contributed by atoms with Gasteiger partial charge in [0.15, 0.2) is 0 Å². The van der Waals surface area contributed by atoms with Crippen molar-refractivity contribution < 1.29 is 14.5 Å². The van der Waals surface area contributed by atoms with Gasteiger partial charge in [0, 0.05) is 21.7 Å². The van der Waals surface area contributed by atoms with Crippen molar-refractivity contribution in [1.29, 1.82) is 0 Å². The van der Waals surface area contributed by atoms with Gasteiger partial charge in [-0.3, -0.25) is 30.6 Å². The SMILES string of the molecule is CC(C)(C)c1ccc(C(=O)NNC(=O)c2ccc(Cl)c([N+](=O)[O-])c2)cc1Br. The van der Waals surface area contributed by atoms with Gasteiger partial charge in [-0.2, -0.15) is 0 Å². The molecule has 7 nitrogen and oxygen atoms in total. The first-order chi connectivity index (χ1) is 12.5. The summed E-state index contributed by atoms with van der Waals surface area (Å²) in [6.45, 7) is 6.16. The van der Waals surface area contributed by atoms with Gasteiger partial charge in [-0.1, -0.05) is 54.4 Å². The van der Waals surface area contributed by atoms with E-state index in [0.29, 0.717) is 5.56 Å². The molecule has 9 heteroatoms. The molecule has 0 aromatic heterocycles. The predicted octanol–water partition coefficient (Wildman–Crippen LogP) is 4.38. The largest absolute Gasteiger partial charge is 0.288 e. The van der Waals surface area contributed by atoms with Crippen LogP contribution >= 0.6 is 27.5 Å². The quantitative estimate of drug-likeness (QED) is 0.530. The number of amides is 2. The molecule has 2 aromatic carbocycles. The van der Waals surface area contributed by atoms with Gasteiger partial charge in [-0.15, -0.1) is 0 Å². The number of nitro groups is 1. The van der Waals surface area contributed by atoms with Crippen molar-refractivity contribution >= 4 is 45.0 Å². The molecule has 0 fully saturated rings. The molecule has 27 heavy (non-hydrogen) atoms. The van der Waals surface area contributed by atoms with Gasteiger partial charge in [0.2, 0.25) is 0 Å². The normalized spacial score (nSPS) is 11.0. The number of nitrogens with zero attached hydrogens (tertiary/aromatic N) is 1. The zero-order valence-corrected chi connectivity index (χ0v) is 17.1. The Labute approximate surface area is 169 Å². The maximum absolute atomic E-state index is 12.2. The molecule has 0 bridgehead atoms. The van der Waals surface area contributed by atoms with Gasteiger partial charge in [-0.05, 0) is 35.2 Å². The van der Waals surface area contributed by atoms with Crippen molar-refractivity contribution in [2.45, 2.75) is 26.2 Å². The van der Waals surface area contributed by atoms with Crippen molar-refractivity contribution in [3.05, 3.63) is 72.7 Å². The summed E-state index contributed by atoms with van der Waals surface area (Å²) in [7, 11) is 0. The Morgan fingerprint density at radius 2 is 1.56 bits per heavy atom. The van der Waals surface area contributed by atoms with Crippen molar-refractivity contribution in [2.24, 2.45) is 0 Å². The van der Waals surface area contributed by atoms with E-state index in [2.05, 4.69) is 47.6 Å². The first-order valence-corrected chi connectivity index (χ1v) is 9.02. The fraction of sp³-hybridized carbons (Fsp3) is 0.222. The summed E-state index contributed by atoms with van der Waals surface area (Å²) in [4.78, 5) is 34.6. The van der Waals surface area contributed by atoms with Crippen LogP contribution in [-0.2, 0) is 5.41 Å². The lowest BCUT2D eigenvalue weighted by Gasteiger charge is -2.21. The van der Waals surface area contributed by atoms with Crippen LogP contribution in [0.1, 0.15) is 47.1 Å². The lowest BCUT2D eigenvalue weighted by atomic mass is 9.86. The zero-order valence-electron chi connectivity index (χ0n) is 14.8. The van der Waals surface area contributed by atoms with E-state index in [1.165, 1.54) is 12.1 Å². The van der Waals surface area contributed by atoms with Crippen LogP contribution in [0.3, 0.4) is 0 Å². The van der Waals surface area contributed by atoms with Crippen molar-refractivity contribution in [1.82, 2.24) is 10.9 Å². The summed E-state index contributed by atoms with van der Waals surface area (Å²) in [5.74, 6) is -1.22. The molecule has 2 rings (SSSR count). The number of nitro benzene ring substituents is 1. The minimum atomic E-state index is -0.700. The highest BCUT2D eigenvalue weighted by atomic mass is 79.9. The monoisotopic (exact) mass is 453 g/mol. The third-order valence-corrected chi connectivity index (χ3v) is 4.71. The molecule has 0 saturated carbocycles. The fourth-order valence-corrected chi connectivity index (χ4v) is 3.48. The Balaban J connectivity index is 2.09. The summed E-state index contributed by atoms with van der Waals surface area (Å²) >= 11 is 9.17. The summed E-state index contributed by atoms with van der Waals surface area (Å²) in [6.07, 6.45) is 0. The van der Waals surface area contributed by atoms with Gasteiger partial charge in [0.1, 0.15) is 5.02 Å². The number of rotatable bonds is 3. The molecule has 0 aliphatic carbocycles. The van der Waals surface area contributed by atoms with Gasteiger partial charge < -0.3 is 0 Å². The van der Waals surface area contributed by atoms with E-state index in [0.717, 1.165) is 16.1 Å². The second kappa shape index (κ2) is 8.06. The van der Waals surface area contributed by atoms with Gasteiger partial charge in [0.25, 0.3) is 17.5 Å². The second-order valence-corrected chi connectivity index (χ2v) is 8.04. The van der Waals surface area contributed by atoms with E-state index in [1.807, 2.05) is 6.07 Å². The lowest BCUT2D eigenvalue weighted by Crippen LogP contribution is -2.41. The summed E-state index contributed by atoms with van der Waals surface area (Å²) in [5.41, 5.74) is 5.41. The van der Waals surface area contributed by atoms with Crippen molar-refractivity contribution in [3.8, 4) is 0 Å². The molecule has 0 saturated heterocycles. The molecule has 142 valence electrons. The minimum Gasteiger partial charge on any atom is -0.267 e. The van der Waals surface area contributed by atoms with Gasteiger partial charge in [0.05, 0.1) is 4.92 Å². The van der Waals surface area contributed by atoms with Crippen LogP contribution < -0.4 is 10.9 Å². The van der Waals surface area contributed by atoms with Gasteiger partial charge in [-0.25, -0.2) is 0 Å². The molecular formula is C18H17BrClN3O4. The second-order valence-electron chi connectivity index (χ2n) is 6.78. The van der Waals surface area contributed by atoms with Crippen LogP contribution in [0.25, 0.3) is 0 Å². The first-order valence-electron chi connectivity index (χ1n) is 7.85. The minimum absolute atomic E-state index is 0.00402. The van der Waals surface area contributed by atoms with Crippen LogP contribution in [0.5, 0.6) is 0 Å². The van der Waals surface area contributed by atoms with Crippen molar-refractivity contribution in [3.63, 3.8) is 0 Å². The molecule has 2 amide bonds. The average molecular weight is 455 g/mol. The highest BCUT2D eigenvalue weighted by Crippen LogP contribution is 2.30. The molecular weight excluding hydrogens is 438 g/mol. The molecule has 0 spiro atoms. The van der Waals surface area contributed by atoms with E-state index in [9.17, 15) is 19.7 Å². The molecule has 0 heterocycles. The Morgan fingerprint density at radius 1 is 1.04 bits per heavy atom. The maximum Gasteiger partial charge on any atom is 0.288 e. The topological polar surface area (TPSA) is 101 Å². The zero-order chi connectivity index (χ0) is 20.4. The maximum atomic E-state index is 12.2. The Morgan fingerprint density at radius 3 is 2.04 bits per heavy atom. The van der Waals surface area contributed by atoms with E-state index in [4.69, 9.17) is 11.6 Å². The number of hydrazine groups is 1. The highest BCUT2D eigenvalue weighted by Gasteiger charge is 2.19. The van der Waals surface area contributed by atoms with Crippen molar-refractivity contribution in [2.75, 3.05) is 0 Å². The molecule has 2 N–H and O–H groups in total. The van der Waals surface area contributed by atoms with E-state index >= 15 is 0 Å². The van der Waals surface area contributed by atoms with E-state index < -0.39 is 22.4 Å². The first kappa shape index (κ1) is 20.9. The Bertz CT molecular complexity index is 925. The highest BCUT2D eigenvalue weighted by molar-refractivity contribution is 9.10.